The van der Waals surface area contributed by atoms with Gasteiger partial charge in [0.25, 0.3) is 0 Å². The Morgan fingerprint density at radius 3 is 2.35 bits per heavy atom. The largest absolute Gasteiger partial charge is 0.398 e. The van der Waals surface area contributed by atoms with Crippen molar-refractivity contribution in [1.82, 2.24) is 5.32 Å². The van der Waals surface area contributed by atoms with E-state index in [0.717, 1.165) is 13.2 Å². The second-order valence-corrected chi connectivity index (χ2v) is 9.80. The zero-order chi connectivity index (χ0) is 23.0. The molecule has 1 amide bonds. The first-order chi connectivity index (χ1) is 14.4. The standard InChI is InChI=1S/C21H22F4N2O3S/c1-20(9-10-22,21(23,24)25)14-3-5-15(6-4-14)27-19(28)18-17-8-7-16(31(2,29)30)11-13(17)12-26-18/h3-8,11,18,26H,9-10,12H2,1-2H3,(H,27,28). The molecule has 0 fully saturated rings. The van der Waals surface area contributed by atoms with E-state index in [1.165, 1.54) is 36.4 Å². The van der Waals surface area contributed by atoms with Gasteiger partial charge >= 0.3 is 6.18 Å². The number of hydrogen-bond acceptors (Lipinski definition) is 4. The van der Waals surface area contributed by atoms with Crippen LogP contribution in [-0.2, 0) is 26.6 Å². The maximum Gasteiger partial charge on any atom is 0.398 e. The molecule has 168 valence electrons. The van der Waals surface area contributed by atoms with Crippen LogP contribution >= 0.6 is 0 Å². The first kappa shape index (κ1) is 23.2. The number of benzene rings is 2. The summed E-state index contributed by atoms with van der Waals surface area (Å²) in [5.41, 5.74) is -0.803. The van der Waals surface area contributed by atoms with Gasteiger partial charge in [-0.1, -0.05) is 18.2 Å². The van der Waals surface area contributed by atoms with Crippen molar-refractivity contribution in [1.29, 1.82) is 0 Å². The summed E-state index contributed by atoms with van der Waals surface area (Å²) in [7, 11) is -3.37. The van der Waals surface area contributed by atoms with Gasteiger partial charge in [-0.2, -0.15) is 13.2 Å². The number of amides is 1. The van der Waals surface area contributed by atoms with Crippen molar-refractivity contribution in [2.45, 2.75) is 42.4 Å². The van der Waals surface area contributed by atoms with E-state index in [-0.39, 0.29) is 10.5 Å². The summed E-state index contributed by atoms with van der Waals surface area (Å²) in [6.07, 6.45) is -4.21. The summed E-state index contributed by atoms with van der Waals surface area (Å²) >= 11 is 0. The number of hydrogen-bond donors (Lipinski definition) is 2. The van der Waals surface area contributed by atoms with Crippen LogP contribution in [0.5, 0.6) is 0 Å². The molecular weight excluding hydrogens is 436 g/mol. The molecule has 1 heterocycles. The molecule has 5 nitrogen and oxygen atoms in total. The normalized spacial score (nSPS) is 18.3. The van der Waals surface area contributed by atoms with Gasteiger partial charge < -0.3 is 5.32 Å². The third-order valence-electron chi connectivity index (χ3n) is 5.62. The highest BCUT2D eigenvalue weighted by atomic mass is 32.2. The second-order valence-electron chi connectivity index (χ2n) is 7.78. The van der Waals surface area contributed by atoms with Crippen molar-refractivity contribution in [2.75, 3.05) is 18.2 Å². The number of nitrogens with one attached hydrogen (secondary N) is 2. The van der Waals surface area contributed by atoms with Crippen molar-refractivity contribution in [3.8, 4) is 0 Å². The van der Waals surface area contributed by atoms with Crippen LogP contribution in [-0.4, -0.2) is 33.4 Å². The van der Waals surface area contributed by atoms with Crippen LogP contribution in [0.25, 0.3) is 0 Å². The van der Waals surface area contributed by atoms with Gasteiger partial charge in [0.1, 0.15) is 6.04 Å². The van der Waals surface area contributed by atoms with E-state index >= 15 is 0 Å². The fourth-order valence-electron chi connectivity index (χ4n) is 3.58. The van der Waals surface area contributed by atoms with Crippen LogP contribution in [0, 0.1) is 0 Å². The van der Waals surface area contributed by atoms with Gasteiger partial charge in [-0.05, 0) is 54.3 Å². The minimum absolute atomic E-state index is 0.0895. The van der Waals surface area contributed by atoms with Crippen LogP contribution in [0.3, 0.4) is 0 Å². The molecule has 0 radical (unpaired) electrons. The summed E-state index contributed by atoms with van der Waals surface area (Å²) in [5, 5.41) is 5.64. The molecule has 0 aromatic heterocycles. The molecule has 2 aromatic carbocycles. The van der Waals surface area contributed by atoms with Crippen molar-refractivity contribution in [3.63, 3.8) is 0 Å². The molecule has 2 unspecified atom stereocenters. The molecule has 2 atom stereocenters. The first-order valence-corrected chi connectivity index (χ1v) is 11.4. The quantitative estimate of drug-likeness (QED) is 0.641. The van der Waals surface area contributed by atoms with Crippen molar-refractivity contribution >= 4 is 21.4 Å². The molecule has 1 aliphatic rings. The molecular formula is C21H22F4N2O3S. The average molecular weight is 458 g/mol. The van der Waals surface area contributed by atoms with E-state index in [4.69, 9.17) is 0 Å². The topological polar surface area (TPSA) is 75.3 Å². The van der Waals surface area contributed by atoms with Crippen molar-refractivity contribution in [3.05, 3.63) is 59.2 Å². The SMILES string of the molecule is CC(CCF)(c1ccc(NC(=O)C2NCc3cc(S(C)(=O)=O)ccc32)cc1)C(F)(F)F. The van der Waals surface area contributed by atoms with Gasteiger partial charge in [0, 0.05) is 18.5 Å². The Kier molecular flexibility index (Phi) is 6.16. The van der Waals surface area contributed by atoms with Crippen LogP contribution in [0.4, 0.5) is 23.2 Å². The molecule has 3 rings (SSSR count). The molecule has 31 heavy (non-hydrogen) atoms. The van der Waals surface area contributed by atoms with Gasteiger partial charge in [0.05, 0.1) is 17.0 Å². The fraction of sp³-hybridized carbons (Fsp3) is 0.381. The monoisotopic (exact) mass is 458 g/mol. The summed E-state index contributed by atoms with van der Waals surface area (Å²) in [6.45, 7) is 0.148. The Morgan fingerprint density at radius 1 is 1.16 bits per heavy atom. The van der Waals surface area contributed by atoms with Gasteiger partial charge in [0.2, 0.25) is 5.91 Å². The highest BCUT2D eigenvalue weighted by Gasteiger charge is 2.51. The summed E-state index contributed by atoms with van der Waals surface area (Å²) in [6, 6.07) is 8.94. The Morgan fingerprint density at radius 2 is 1.81 bits per heavy atom. The number of fused-ring (bicyclic) bond motifs is 1. The first-order valence-electron chi connectivity index (χ1n) is 9.47. The molecule has 1 aliphatic heterocycles. The van der Waals surface area contributed by atoms with Gasteiger partial charge in [0.15, 0.2) is 9.84 Å². The Balaban J connectivity index is 1.77. The van der Waals surface area contributed by atoms with Gasteiger partial charge in [-0.15, -0.1) is 0 Å². The van der Waals surface area contributed by atoms with Gasteiger partial charge in [-0.25, -0.2) is 8.42 Å². The average Bonchev–Trinajstić information content (AvgIpc) is 3.10. The number of carbonyl (C=O) groups is 1. The highest BCUT2D eigenvalue weighted by Crippen LogP contribution is 2.43. The van der Waals surface area contributed by atoms with E-state index in [1.807, 2.05) is 0 Å². The molecule has 0 saturated carbocycles. The zero-order valence-electron chi connectivity index (χ0n) is 16.9. The molecule has 0 spiro atoms. The van der Waals surface area contributed by atoms with Gasteiger partial charge in [-0.3, -0.25) is 14.5 Å². The van der Waals surface area contributed by atoms with E-state index in [1.54, 1.807) is 6.07 Å². The molecule has 0 aliphatic carbocycles. The van der Waals surface area contributed by atoms with E-state index < -0.39 is 46.5 Å². The lowest BCUT2D eigenvalue weighted by Gasteiger charge is -2.31. The lowest BCUT2D eigenvalue weighted by Crippen LogP contribution is -2.40. The number of carbonyl (C=O) groups excluding carboxylic acids is 1. The molecule has 0 saturated heterocycles. The van der Waals surface area contributed by atoms with E-state index in [0.29, 0.717) is 23.4 Å². The predicted octanol–water partition coefficient (Wildman–Crippen LogP) is 4.05. The number of halogens is 4. The maximum atomic E-state index is 13.5. The molecule has 10 heteroatoms. The number of sulfone groups is 1. The molecule has 2 aromatic rings. The maximum absolute atomic E-state index is 13.5. The number of alkyl halides is 4. The highest BCUT2D eigenvalue weighted by molar-refractivity contribution is 7.90. The van der Waals surface area contributed by atoms with Crippen LogP contribution in [0.2, 0.25) is 0 Å². The minimum atomic E-state index is -4.62. The van der Waals surface area contributed by atoms with E-state index in [2.05, 4.69) is 10.6 Å². The smallest absolute Gasteiger partial charge is 0.324 e. The predicted molar refractivity (Wildman–Crippen MR) is 108 cm³/mol. The van der Waals surface area contributed by atoms with Crippen molar-refractivity contribution in [2.24, 2.45) is 0 Å². The van der Waals surface area contributed by atoms with Crippen LogP contribution in [0.1, 0.15) is 36.1 Å². The summed E-state index contributed by atoms with van der Waals surface area (Å²) in [4.78, 5) is 12.8. The number of rotatable bonds is 6. The number of anilines is 1. The fourth-order valence-corrected chi connectivity index (χ4v) is 4.25. The summed E-state index contributed by atoms with van der Waals surface area (Å²) in [5.74, 6) is -0.430. The van der Waals surface area contributed by atoms with E-state index in [9.17, 15) is 30.8 Å². The third kappa shape index (κ3) is 4.59. The third-order valence-corrected chi connectivity index (χ3v) is 6.73. The Labute approximate surface area is 177 Å². The zero-order valence-corrected chi connectivity index (χ0v) is 17.7. The molecule has 2 N–H and O–H groups in total. The van der Waals surface area contributed by atoms with Crippen LogP contribution < -0.4 is 10.6 Å². The lowest BCUT2D eigenvalue weighted by molar-refractivity contribution is -0.188. The van der Waals surface area contributed by atoms with Crippen molar-refractivity contribution < 1.29 is 30.8 Å². The van der Waals surface area contributed by atoms with Crippen LogP contribution in [0.15, 0.2) is 47.4 Å². The minimum Gasteiger partial charge on any atom is -0.324 e. The Bertz CT molecular complexity index is 1080. The summed E-state index contributed by atoms with van der Waals surface area (Å²) < 4.78 is 76.5. The lowest BCUT2D eigenvalue weighted by atomic mass is 9.79. The molecule has 0 bridgehead atoms. The Hall–Kier alpha value is -2.46. The second kappa shape index (κ2) is 8.23.